The number of fused-ring (bicyclic) bond motifs is 3. The number of hydrogen-bond acceptors (Lipinski definition) is 11. The maximum absolute atomic E-state index is 15.0. The summed E-state index contributed by atoms with van der Waals surface area (Å²) in [5.41, 5.74) is 5.25. The molecule has 13 nitrogen and oxygen atoms in total. The Morgan fingerprint density at radius 1 is 0.851 bits per heavy atom. The molecule has 0 unspecified atom stereocenters. The lowest BCUT2D eigenvalue weighted by atomic mass is 9.55. The van der Waals surface area contributed by atoms with Crippen LogP contribution in [0.4, 0.5) is 4.79 Å². The van der Waals surface area contributed by atoms with E-state index in [2.05, 4.69) is 18.0 Å². The van der Waals surface area contributed by atoms with Crippen LogP contribution < -0.4 is 24.3 Å². The fraction of sp³-hybridized carbons (Fsp3) is 0.426. The van der Waals surface area contributed by atoms with Gasteiger partial charge in [0, 0.05) is 50.1 Å². The van der Waals surface area contributed by atoms with E-state index < -0.39 is 23.8 Å². The molecule has 0 saturated heterocycles. The first-order chi connectivity index (χ1) is 32.9. The molecule has 0 aromatic heterocycles. The van der Waals surface area contributed by atoms with Crippen LogP contribution in [0.3, 0.4) is 0 Å². The van der Waals surface area contributed by atoms with Crippen molar-refractivity contribution in [2.45, 2.75) is 95.2 Å². The summed E-state index contributed by atoms with van der Waals surface area (Å²) in [7, 11) is 0. The van der Waals surface area contributed by atoms with Crippen molar-refractivity contribution in [3.63, 3.8) is 0 Å². The monoisotopic (exact) mass is 911 g/mol. The fourth-order valence-electron chi connectivity index (χ4n) is 10.5. The molecule has 3 aliphatic carbocycles. The highest BCUT2D eigenvalue weighted by Gasteiger charge is 2.66. The number of allylic oxidation sites excluding steroid dienone is 1. The van der Waals surface area contributed by atoms with E-state index in [4.69, 9.17) is 33.7 Å². The third-order valence-corrected chi connectivity index (χ3v) is 13.8. The third-order valence-electron chi connectivity index (χ3n) is 13.8. The maximum Gasteiger partial charge on any atom is 0.412 e. The van der Waals surface area contributed by atoms with Gasteiger partial charge in [0.05, 0.1) is 18.2 Å². The van der Waals surface area contributed by atoms with Crippen LogP contribution in [0.5, 0.6) is 23.0 Å². The van der Waals surface area contributed by atoms with Crippen molar-refractivity contribution in [3.8, 4) is 23.0 Å². The number of hydrogen-bond donors (Lipinski definition) is 3. The molecular formula is C54H61N3O10. The molecule has 67 heavy (non-hydrogen) atoms. The molecule has 0 radical (unpaired) electrons. The second-order valence-corrected chi connectivity index (χ2v) is 18.2. The van der Waals surface area contributed by atoms with E-state index in [1.165, 1.54) is 0 Å². The van der Waals surface area contributed by atoms with Gasteiger partial charge in [-0.05, 0) is 103 Å². The molecule has 3 N–H and O–H groups in total. The van der Waals surface area contributed by atoms with Crippen LogP contribution in [0.25, 0.3) is 0 Å². The van der Waals surface area contributed by atoms with Gasteiger partial charge in [0.15, 0.2) is 11.5 Å². The lowest BCUT2D eigenvalue weighted by Crippen LogP contribution is -2.70. The van der Waals surface area contributed by atoms with Crippen LogP contribution in [0.2, 0.25) is 0 Å². The summed E-state index contributed by atoms with van der Waals surface area (Å²) in [4.78, 5) is 36.6. The van der Waals surface area contributed by atoms with Crippen molar-refractivity contribution in [2.75, 3.05) is 26.6 Å². The van der Waals surface area contributed by atoms with Gasteiger partial charge in [0.1, 0.15) is 24.1 Å². The number of benzene rings is 4. The molecule has 13 heteroatoms. The molecule has 2 saturated carbocycles. The Balaban J connectivity index is 1.19. The molecular weight excluding hydrogens is 851 g/mol. The Hall–Kier alpha value is -6.15. The van der Waals surface area contributed by atoms with Crippen molar-refractivity contribution in [2.24, 2.45) is 28.8 Å². The van der Waals surface area contributed by atoms with Crippen LogP contribution in [-0.2, 0) is 34.1 Å². The number of oxime groups is 1. The number of nitrogens with one attached hydrogen (secondary N) is 1. The Morgan fingerprint density at radius 2 is 1.58 bits per heavy atom. The minimum atomic E-state index is -1.45. The minimum Gasteiger partial charge on any atom is -0.459 e. The van der Waals surface area contributed by atoms with E-state index in [0.29, 0.717) is 48.1 Å². The number of ether oxygens (including phenoxy) is 5. The number of rotatable bonds is 21. The van der Waals surface area contributed by atoms with Gasteiger partial charge in [-0.15, -0.1) is 6.58 Å². The van der Waals surface area contributed by atoms with Gasteiger partial charge in [-0.3, -0.25) is 4.79 Å². The van der Waals surface area contributed by atoms with Crippen molar-refractivity contribution in [1.82, 2.24) is 10.2 Å². The van der Waals surface area contributed by atoms with Crippen LogP contribution in [0.1, 0.15) is 86.0 Å². The Labute approximate surface area is 392 Å². The molecule has 0 bridgehead atoms. The zero-order valence-electron chi connectivity index (χ0n) is 37.9. The number of carbonyl (C=O) groups is 2. The number of carbonyl (C=O) groups excluding carboxylic acids is 2. The largest absolute Gasteiger partial charge is 0.459 e. The summed E-state index contributed by atoms with van der Waals surface area (Å²) < 4.78 is 32.1. The topological polar surface area (TPSA) is 158 Å². The van der Waals surface area contributed by atoms with E-state index in [0.717, 1.165) is 66.4 Å². The minimum absolute atomic E-state index is 0.00891. The van der Waals surface area contributed by atoms with Crippen molar-refractivity contribution >= 4 is 17.7 Å². The molecule has 2 fully saturated rings. The molecule has 4 aromatic rings. The summed E-state index contributed by atoms with van der Waals surface area (Å²) in [5.74, 6) is -0.196. The molecule has 4 aromatic carbocycles. The summed E-state index contributed by atoms with van der Waals surface area (Å²) in [6, 6.07) is 30.1. The SMILES string of the molecule is C=CCO[C@@]12Oc3ccc(OC(=O)NCc4ccccc4)cc3[C@H]3[C@H](CCCCO)[C@@H](CCCCO)C=C(C(=NOCc4ccccc4)C[C@@H]1N(Cc1ccc4c(c1)OCO4)C(=O)C1CC1)[C@H]32. The van der Waals surface area contributed by atoms with Crippen LogP contribution in [-0.4, -0.2) is 71.3 Å². The van der Waals surface area contributed by atoms with E-state index in [1.807, 2.05) is 95.9 Å². The van der Waals surface area contributed by atoms with Gasteiger partial charge in [-0.25, -0.2) is 4.79 Å². The molecule has 5 aliphatic rings. The van der Waals surface area contributed by atoms with Crippen LogP contribution in [0, 0.1) is 23.7 Å². The van der Waals surface area contributed by atoms with E-state index in [-0.39, 0.29) is 75.8 Å². The Morgan fingerprint density at radius 3 is 2.33 bits per heavy atom. The Kier molecular flexibility index (Phi) is 14.6. The summed E-state index contributed by atoms with van der Waals surface area (Å²) in [6.07, 6.45) is 9.69. The summed E-state index contributed by atoms with van der Waals surface area (Å²) in [5, 5.41) is 27.9. The zero-order valence-corrected chi connectivity index (χ0v) is 37.9. The second kappa shape index (κ2) is 21.2. The predicted molar refractivity (Wildman–Crippen MR) is 251 cm³/mol. The quantitative estimate of drug-likeness (QED) is 0.0419. The summed E-state index contributed by atoms with van der Waals surface area (Å²) >= 11 is 0. The normalized spacial score (nSPS) is 23.8. The first-order valence-electron chi connectivity index (χ1n) is 23.8. The van der Waals surface area contributed by atoms with Gasteiger partial charge in [0.25, 0.3) is 0 Å². The summed E-state index contributed by atoms with van der Waals surface area (Å²) in [6.45, 7) is 5.27. The number of aliphatic hydroxyl groups excluding tert-OH is 2. The second-order valence-electron chi connectivity index (χ2n) is 18.2. The molecule has 6 atom stereocenters. The van der Waals surface area contributed by atoms with Crippen LogP contribution >= 0.6 is 0 Å². The highest BCUT2D eigenvalue weighted by molar-refractivity contribution is 6.03. The van der Waals surface area contributed by atoms with Gasteiger partial charge < -0.3 is 49.0 Å². The zero-order chi connectivity index (χ0) is 46.2. The molecule has 352 valence electrons. The van der Waals surface area contributed by atoms with E-state index in [9.17, 15) is 15.0 Å². The van der Waals surface area contributed by atoms with E-state index in [1.54, 1.807) is 12.1 Å². The first-order valence-corrected chi connectivity index (χ1v) is 23.8. The molecule has 2 heterocycles. The predicted octanol–water partition coefficient (Wildman–Crippen LogP) is 8.98. The molecule has 0 spiro atoms. The van der Waals surface area contributed by atoms with Crippen molar-refractivity contribution in [3.05, 3.63) is 144 Å². The highest BCUT2D eigenvalue weighted by atomic mass is 16.7. The van der Waals surface area contributed by atoms with Gasteiger partial charge in [0.2, 0.25) is 18.5 Å². The van der Waals surface area contributed by atoms with E-state index >= 15 is 4.79 Å². The van der Waals surface area contributed by atoms with Gasteiger partial charge in [-0.1, -0.05) is 96.9 Å². The highest BCUT2D eigenvalue weighted by Crippen LogP contribution is 2.62. The lowest BCUT2D eigenvalue weighted by molar-refractivity contribution is -0.258. The standard InChI is InChI=1S/C54H61N3O10/c1-2-27-64-54-49(57(52(60)39-20-21-39)33-38-19-23-47-48(28-38)63-35-62-47)31-45(56-65-34-37-15-7-4-8-16-37)43-29-40(17-9-11-25-58)42(18-10-12-26-59)50(51(43)54)44-30-41(22-24-46(44)67-54)66-53(61)55-32-36-13-5-3-6-14-36/h2-8,13-16,19,22-24,28-30,39-40,42,49-51,58-59H,1,9-12,17-18,20-21,25-27,31-35H2,(H,55,61)/t40-,42+,49-,50+,51+,54+/m0/s1. The average Bonchev–Trinajstić information content (AvgIpc) is 4.10. The smallest absolute Gasteiger partial charge is 0.412 e. The number of amides is 2. The molecule has 9 rings (SSSR count). The van der Waals surface area contributed by atoms with Crippen molar-refractivity contribution < 1.29 is 48.3 Å². The third kappa shape index (κ3) is 10.2. The molecule has 2 aliphatic heterocycles. The average molecular weight is 912 g/mol. The van der Waals surface area contributed by atoms with Gasteiger partial charge in [-0.2, -0.15) is 0 Å². The fourth-order valence-corrected chi connectivity index (χ4v) is 10.5. The van der Waals surface area contributed by atoms with Crippen molar-refractivity contribution in [1.29, 1.82) is 0 Å². The maximum atomic E-state index is 15.0. The lowest BCUT2D eigenvalue weighted by Gasteiger charge is -2.60. The number of unbranched alkanes of at least 4 members (excludes halogenated alkanes) is 2. The van der Waals surface area contributed by atoms with Gasteiger partial charge >= 0.3 is 6.09 Å². The number of nitrogens with zero attached hydrogens (tertiary/aromatic N) is 2. The Bertz CT molecular complexity index is 2420. The number of aliphatic hydroxyl groups is 2. The first kappa shape index (κ1) is 46.0. The molecule has 2 amide bonds. The van der Waals surface area contributed by atoms with Crippen LogP contribution in [0.15, 0.2) is 127 Å².